The summed E-state index contributed by atoms with van der Waals surface area (Å²) in [5.41, 5.74) is 8.23. The van der Waals surface area contributed by atoms with Crippen molar-refractivity contribution in [3.8, 4) is 5.75 Å². The molecule has 2 aromatic rings. The highest BCUT2D eigenvalue weighted by molar-refractivity contribution is 5.84. The van der Waals surface area contributed by atoms with Crippen LogP contribution in [0.4, 0.5) is 5.69 Å². The van der Waals surface area contributed by atoms with Gasteiger partial charge in [0.25, 0.3) is 0 Å². The molecule has 1 aliphatic rings. The fourth-order valence-electron chi connectivity index (χ4n) is 4.81. The van der Waals surface area contributed by atoms with Gasteiger partial charge in [0.15, 0.2) is 0 Å². The van der Waals surface area contributed by atoms with Gasteiger partial charge in [-0.1, -0.05) is 71.4 Å². The first kappa shape index (κ1) is 23.2. The van der Waals surface area contributed by atoms with Crippen LogP contribution in [0.1, 0.15) is 77.0 Å². The van der Waals surface area contributed by atoms with E-state index in [1.165, 1.54) is 46.4 Å². The second kappa shape index (κ2) is 10.2. The molecular weight excluding hydrogens is 378 g/mol. The quantitative estimate of drug-likeness (QED) is 0.390. The highest BCUT2D eigenvalue weighted by atomic mass is 16.5. The molecule has 31 heavy (non-hydrogen) atoms. The highest BCUT2D eigenvalue weighted by Crippen LogP contribution is 2.49. The van der Waals surface area contributed by atoms with Crippen LogP contribution in [0, 0.1) is 0 Å². The lowest BCUT2D eigenvalue weighted by Gasteiger charge is -2.24. The van der Waals surface area contributed by atoms with Gasteiger partial charge in [-0.15, -0.1) is 0 Å². The van der Waals surface area contributed by atoms with Crippen molar-refractivity contribution in [1.82, 2.24) is 0 Å². The van der Waals surface area contributed by atoms with Crippen molar-refractivity contribution in [3.05, 3.63) is 70.8 Å². The van der Waals surface area contributed by atoms with E-state index in [1.54, 1.807) is 7.11 Å². The topological polar surface area (TPSA) is 12.5 Å². The molecule has 0 atom stereocenters. The van der Waals surface area contributed by atoms with E-state index in [1.807, 2.05) is 0 Å². The molecule has 2 aromatic carbocycles. The minimum absolute atomic E-state index is 0.0239. The van der Waals surface area contributed by atoms with Gasteiger partial charge in [-0.25, -0.2) is 0 Å². The molecule has 0 aromatic heterocycles. The number of anilines is 1. The molecule has 3 rings (SSSR count). The molecular formula is C29H39NO. The van der Waals surface area contributed by atoms with Crippen LogP contribution in [0.15, 0.2) is 54.1 Å². The Morgan fingerprint density at radius 1 is 0.871 bits per heavy atom. The van der Waals surface area contributed by atoms with E-state index in [0.717, 1.165) is 31.7 Å². The first-order chi connectivity index (χ1) is 15.0. The third kappa shape index (κ3) is 4.89. The third-order valence-corrected chi connectivity index (χ3v) is 6.41. The van der Waals surface area contributed by atoms with Gasteiger partial charge in [0.1, 0.15) is 5.75 Å². The highest BCUT2D eigenvalue weighted by Gasteiger charge is 2.36. The summed E-state index contributed by atoms with van der Waals surface area (Å²) < 4.78 is 5.52. The smallest absolute Gasteiger partial charge is 0.119 e. The first-order valence-corrected chi connectivity index (χ1v) is 11.9. The minimum atomic E-state index is -0.0239. The van der Waals surface area contributed by atoms with E-state index >= 15 is 0 Å². The third-order valence-electron chi connectivity index (χ3n) is 6.41. The number of rotatable bonds is 10. The van der Waals surface area contributed by atoms with Crippen molar-refractivity contribution in [2.75, 3.05) is 25.1 Å². The van der Waals surface area contributed by atoms with Gasteiger partial charge in [-0.3, -0.25) is 0 Å². The van der Waals surface area contributed by atoms with Gasteiger partial charge in [0.2, 0.25) is 0 Å². The molecule has 0 N–H and O–H groups in total. The van der Waals surface area contributed by atoms with Gasteiger partial charge in [0, 0.05) is 24.2 Å². The maximum Gasteiger partial charge on any atom is 0.119 e. The van der Waals surface area contributed by atoms with Crippen LogP contribution in [0.25, 0.3) is 11.6 Å². The number of methoxy groups -OCH3 is 1. The summed E-state index contributed by atoms with van der Waals surface area (Å²) in [7, 11) is 1.75. The van der Waals surface area contributed by atoms with Gasteiger partial charge >= 0.3 is 0 Å². The van der Waals surface area contributed by atoms with Crippen molar-refractivity contribution in [1.29, 1.82) is 0 Å². The Labute approximate surface area is 189 Å². The second-order valence-corrected chi connectivity index (χ2v) is 9.09. The Kier molecular flexibility index (Phi) is 7.64. The maximum atomic E-state index is 5.52. The summed E-state index contributed by atoms with van der Waals surface area (Å²) in [6, 6.07) is 15.6. The van der Waals surface area contributed by atoms with Crippen LogP contribution in [0.2, 0.25) is 0 Å². The van der Waals surface area contributed by atoms with E-state index in [-0.39, 0.29) is 5.41 Å². The zero-order valence-electron chi connectivity index (χ0n) is 20.3. The van der Waals surface area contributed by atoms with Crippen molar-refractivity contribution in [2.45, 2.75) is 65.7 Å². The molecule has 0 spiro atoms. The number of allylic oxidation sites excluding steroid dienone is 3. The molecule has 0 unspecified atom stereocenters. The number of hydrogen-bond acceptors (Lipinski definition) is 2. The predicted molar refractivity (Wildman–Crippen MR) is 136 cm³/mol. The summed E-state index contributed by atoms with van der Waals surface area (Å²) >= 11 is 0. The number of fused-ring (bicyclic) bond motifs is 1. The zero-order valence-corrected chi connectivity index (χ0v) is 20.3. The Morgan fingerprint density at radius 2 is 1.55 bits per heavy atom. The fraction of sp³-hybridized carbons (Fsp3) is 0.448. The van der Waals surface area contributed by atoms with Crippen LogP contribution in [-0.2, 0) is 5.41 Å². The standard InChI is InChI=1S/C29H39NO/c1-7-10-25-26-17-16-24(31-6)21-28(26)29(4,5)27(25)18-13-22-11-14-23(15-12-22)30(19-8-2)20-9-3/h11-18,21H,7-10,19-20H2,1-6H3. The van der Waals surface area contributed by atoms with Crippen molar-refractivity contribution >= 4 is 17.3 Å². The molecule has 2 nitrogen and oxygen atoms in total. The second-order valence-electron chi connectivity index (χ2n) is 9.09. The van der Waals surface area contributed by atoms with Gasteiger partial charge in [0.05, 0.1) is 7.11 Å². The minimum Gasteiger partial charge on any atom is -0.497 e. The maximum absolute atomic E-state index is 5.52. The van der Waals surface area contributed by atoms with Gasteiger partial charge in [-0.2, -0.15) is 0 Å². The lowest BCUT2D eigenvalue weighted by atomic mass is 9.80. The van der Waals surface area contributed by atoms with Crippen LogP contribution >= 0.6 is 0 Å². The average Bonchev–Trinajstić information content (AvgIpc) is 2.98. The lowest BCUT2D eigenvalue weighted by Crippen LogP contribution is -2.24. The molecule has 2 heteroatoms. The molecule has 0 saturated heterocycles. The monoisotopic (exact) mass is 417 g/mol. The first-order valence-electron chi connectivity index (χ1n) is 11.9. The Balaban J connectivity index is 1.90. The molecule has 0 saturated carbocycles. The molecule has 0 fully saturated rings. The van der Waals surface area contributed by atoms with Gasteiger partial charge < -0.3 is 9.64 Å². The average molecular weight is 418 g/mol. The normalized spacial score (nSPS) is 14.9. The van der Waals surface area contributed by atoms with Crippen LogP contribution in [0.3, 0.4) is 0 Å². The van der Waals surface area contributed by atoms with E-state index in [2.05, 4.69) is 94.1 Å². The summed E-state index contributed by atoms with van der Waals surface area (Å²) in [6.07, 6.45) is 9.23. The van der Waals surface area contributed by atoms with Gasteiger partial charge in [-0.05, 0) is 71.4 Å². The Morgan fingerprint density at radius 3 is 2.13 bits per heavy atom. The SMILES string of the molecule is CCCC1=C(C=Cc2ccc(N(CCC)CCC)cc2)C(C)(C)c2cc(OC)ccc21. The molecule has 0 radical (unpaired) electrons. The molecule has 0 bridgehead atoms. The number of nitrogens with zero attached hydrogens (tertiary/aromatic N) is 1. The summed E-state index contributed by atoms with van der Waals surface area (Å²) in [6.45, 7) is 13.7. The summed E-state index contributed by atoms with van der Waals surface area (Å²) in [5.74, 6) is 0.937. The predicted octanol–water partition coefficient (Wildman–Crippen LogP) is 7.88. The fourth-order valence-corrected chi connectivity index (χ4v) is 4.81. The Bertz CT molecular complexity index is 928. The molecule has 0 heterocycles. The van der Waals surface area contributed by atoms with E-state index in [0.29, 0.717) is 0 Å². The van der Waals surface area contributed by atoms with E-state index < -0.39 is 0 Å². The number of benzene rings is 2. The van der Waals surface area contributed by atoms with E-state index in [9.17, 15) is 0 Å². The Hall–Kier alpha value is -2.48. The summed E-state index contributed by atoms with van der Waals surface area (Å²) in [4.78, 5) is 2.49. The number of ether oxygens (including phenoxy) is 1. The van der Waals surface area contributed by atoms with Crippen LogP contribution in [0.5, 0.6) is 5.75 Å². The molecule has 1 aliphatic carbocycles. The van der Waals surface area contributed by atoms with Crippen LogP contribution < -0.4 is 9.64 Å². The summed E-state index contributed by atoms with van der Waals surface area (Å²) in [5, 5.41) is 0. The lowest BCUT2D eigenvalue weighted by molar-refractivity contribution is 0.413. The molecule has 0 aliphatic heterocycles. The van der Waals surface area contributed by atoms with Crippen molar-refractivity contribution in [3.63, 3.8) is 0 Å². The van der Waals surface area contributed by atoms with Crippen molar-refractivity contribution < 1.29 is 4.74 Å². The largest absolute Gasteiger partial charge is 0.497 e. The van der Waals surface area contributed by atoms with E-state index in [4.69, 9.17) is 4.74 Å². The number of hydrogen-bond donors (Lipinski definition) is 0. The van der Waals surface area contributed by atoms with Crippen LogP contribution in [-0.4, -0.2) is 20.2 Å². The van der Waals surface area contributed by atoms with Crippen molar-refractivity contribution in [2.24, 2.45) is 0 Å². The molecule has 0 amide bonds. The zero-order chi connectivity index (χ0) is 22.4. The molecule has 166 valence electrons.